The van der Waals surface area contributed by atoms with Crippen molar-refractivity contribution in [2.24, 2.45) is 0 Å². The summed E-state index contributed by atoms with van der Waals surface area (Å²) in [6.45, 7) is 4.31. The summed E-state index contributed by atoms with van der Waals surface area (Å²) in [5, 5.41) is 5.05. The Morgan fingerprint density at radius 2 is 1.49 bits per heavy atom. The Bertz CT molecular complexity index is 1350. The smallest absolute Gasteiger partial charge is 0.323 e. The Hall–Kier alpha value is -4.34. The van der Waals surface area contributed by atoms with Crippen molar-refractivity contribution in [1.29, 1.82) is 0 Å². The summed E-state index contributed by atoms with van der Waals surface area (Å²) >= 11 is 0. The highest BCUT2D eigenvalue weighted by Crippen LogP contribution is 2.32. The number of methoxy groups -OCH3 is 1. The van der Waals surface area contributed by atoms with E-state index in [-0.39, 0.29) is 11.6 Å². The van der Waals surface area contributed by atoms with E-state index >= 15 is 0 Å². The number of piperazine rings is 1. The van der Waals surface area contributed by atoms with Crippen LogP contribution in [-0.2, 0) is 0 Å². The van der Waals surface area contributed by atoms with E-state index in [0.717, 1.165) is 55.2 Å². The maximum atomic E-state index is 14.0. The van der Waals surface area contributed by atoms with Gasteiger partial charge in [0, 0.05) is 56.7 Å². The van der Waals surface area contributed by atoms with Crippen LogP contribution >= 0.6 is 0 Å². The molecule has 0 spiro atoms. The SMILES string of the molecule is COc1ccccc1N1CCN(c2ccc(NC(=O)Nc3ccc(F)cc3F)cc2C(=O)N2CCCC2)CC1. The number of benzene rings is 3. The highest BCUT2D eigenvalue weighted by molar-refractivity contribution is 6.04. The van der Waals surface area contributed by atoms with Crippen molar-refractivity contribution >= 4 is 34.7 Å². The third kappa shape index (κ3) is 5.89. The molecule has 0 radical (unpaired) electrons. The minimum Gasteiger partial charge on any atom is -0.495 e. The van der Waals surface area contributed by atoms with Gasteiger partial charge in [0.05, 0.1) is 24.0 Å². The predicted molar refractivity (Wildman–Crippen MR) is 148 cm³/mol. The summed E-state index contributed by atoms with van der Waals surface area (Å²) in [5.74, 6) is -0.867. The molecule has 0 unspecified atom stereocenters. The minimum atomic E-state index is -0.877. The molecular weight excluding hydrogens is 504 g/mol. The highest BCUT2D eigenvalue weighted by Gasteiger charge is 2.27. The van der Waals surface area contributed by atoms with Gasteiger partial charge in [-0.1, -0.05) is 12.1 Å². The van der Waals surface area contributed by atoms with Gasteiger partial charge in [-0.05, 0) is 55.3 Å². The molecule has 5 rings (SSSR count). The zero-order valence-electron chi connectivity index (χ0n) is 21.8. The lowest BCUT2D eigenvalue weighted by atomic mass is 10.1. The van der Waals surface area contributed by atoms with Crippen LogP contribution in [-0.4, -0.2) is 63.2 Å². The van der Waals surface area contributed by atoms with E-state index < -0.39 is 17.7 Å². The summed E-state index contributed by atoms with van der Waals surface area (Å²) in [6.07, 6.45) is 1.92. The van der Waals surface area contributed by atoms with E-state index in [2.05, 4.69) is 20.4 Å². The molecule has 204 valence electrons. The number of ether oxygens (including phenoxy) is 1. The zero-order chi connectivity index (χ0) is 27.4. The van der Waals surface area contributed by atoms with Crippen molar-refractivity contribution < 1.29 is 23.1 Å². The number of nitrogens with zero attached hydrogens (tertiary/aromatic N) is 3. The molecule has 3 amide bonds. The number of hydrogen-bond donors (Lipinski definition) is 2. The van der Waals surface area contributed by atoms with Crippen LogP contribution < -0.4 is 25.2 Å². The van der Waals surface area contributed by atoms with E-state index in [1.54, 1.807) is 19.2 Å². The minimum absolute atomic E-state index is 0.0803. The van der Waals surface area contributed by atoms with E-state index in [9.17, 15) is 18.4 Å². The third-order valence-electron chi connectivity index (χ3n) is 7.10. The summed E-state index contributed by atoms with van der Waals surface area (Å²) in [4.78, 5) is 32.4. The number of anilines is 4. The van der Waals surface area contributed by atoms with Gasteiger partial charge in [0.25, 0.3) is 5.91 Å². The van der Waals surface area contributed by atoms with Crippen molar-refractivity contribution in [2.75, 3.05) is 66.8 Å². The second-order valence-electron chi connectivity index (χ2n) is 9.58. The molecule has 2 saturated heterocycles. The van der Waals surface area contributed by atoms with Crippen LogP contribution in [0.2, 0.25) is 0 Å². The lowest BCUT2D eigenvalue weighted by Crippen LogP contribution is -2.47. The van der Waals surface area contributed by atoms with E-state index in [1.807, 2.05) is 35.2 Å². The Labute approximate surface area is 226 Å². The van der Waals surface area contributed by atoms with Crippen LogP contribution in [0.3, 0.4) is 0 Å². The molecule has 2 fully saturated rings. The first-order chi connectivity index (χ1) is 18.9. The van der Waals surface area contributed by atoms with Crippen molar-refractivity contribution in [1.82, 2.24) is 4.90 Å². The van der Waals surface area contributed by atoms with Crippen LogP contribution in [0.1, 0.15) is 23.2 Å². The molecule has 10 heteroatoms. The zero-order valence-corrected chi connectivity index (χ0v) is 21.8. The average molecular weight is 536 g/mol. The monoisotopic (exact) mass is 535 g/mol. The Morgan fingerprint density at radius 3 is 2.18 bits per heavy atom. The summed E-state index contributed by atoms with van der Waals surface area (Å²) in [7, 11) is 1.66. The first-order valence-electron chi connectivity index (χ1n) is 13.0. The lowest BCUT2D eigenvalue weighted by molar-refractivity contribution is 0.0793. The fourth-order valence-corrected chi connectivity index (χ4v) is 5.11. The first-order valence-corrected chi connectivity index (χ1v) is 13.0. The van der Waals surface area contributed by atoms with Gasteiger partial charge in [-0.15, -0.1) is 0 Å². The second kappa shape index (κ2) is 11.6. The van der Waals surface area contributed by atoms with Crippen molar-refractivity contribution in [3.8, 4) is 5.75 Å². The summed E-state index contributed by atoms with van der Waals surface area (Å²) < 4.78 is 32.7. The molecule has 0 aromatic heterocycles. The molecule has 3 aromatic carbocycles. The fourth-order valence-electron chi connectivity index (χ4n) is 5.11. The van der Waals surface area contributed by atoms with Crippen molar-refractivity contribution in [3.05, 3.63) is 77.9 Å². The van der Waals surface area contributed by atoms with Gasteiger partial charge in [-0.25, -0.2) is 13.6 Å². The maximum absolute atomic E-state index is 14.0. The standard InChI is InChI=1S/C29H31F2N5O3/c1-39-27-7-3-2-6-26(27)35-16-14-34(15-17-35)25-11-9-21(19-22(25)28(37)36-12-4-5-13-36)32-29(38)33-24-10-8-20(30)18-23(24)31/h2-3,6-11,18-19H,4-5,12-17H2,1H3,(H2,32,33,38). The molecular formula is C29H31F2N5O3. The molecule has 0 atom stereocenters. The van der Waals surface area contributed by atoms with Crippen LogP contribution in [0.4, 0.5) is 36.3 Å². The lowest BCUT2D eigenvalue weighted by Gasteiger charge is -2.38. The third-order valence-corrected chi connectivity index (χ3v) is 7.10. The molecule has 2 aliphatic rings. The fraction of sp³-hybridized carbons (Fsp3) is 0.310. The number of halogens is 2. The van der Waals surface area contributed by atoms with Crippen LogP contribution in [0.5, 0.6) is 5.75 Å². The van der Waals surface area contributed by atoms with Gasteiger partial charge in [0.2, 0.25) is 0 Å². The van der Waals surface area contributed by atoms with Gasteiger partial charge >= 0.3 is 6.03 Å². The Balaban J connectivity index is 1.34. The first kappa shape index (κ1) is 26.3. The number of urea groups is 1. The highest BCUT2D eigenvalue weighted by atomic mass is 19.1. The molecule has 0 bridgehead atoms. The normalized spacial score (nSPS) is 15.3. The van der Waals surface area contributed by atoms with Gasteiger partial charge in [0.15, 0.2) is 0 Å². The van der Waals surface area contributed by atoms with Crippen LogP contribution in [0.15, 0.2) is 60.7 Å². The second-order valence-corrected chi connectivity index (χ2v) is 9.58. The van der Waals surface area contributed by atoms with Gasteiger partial charge in [-0.2, -0.15) is 0 Å². The largest absolute Gasteiger partial charge is 0.495 e. The Morgan fingerprint density at radius 1 is 0.795 bits per heavy atom. The molecule has 2 heterocycles. The van der Waals surface area contributed by atoms with Gasteiger partial charge in [-0.3, -0.25) is 4.79 Å². The number of hydrogen-bond acceptors (Lipinski definition) is 5. The number of para-hydroxylation sites is 2. The molecule has 2 N–H and O–H groups in total. The van der Waals surface area contributed by atoms with Crippen LogP contribution in [0.25, 0.3) is 0 Å². The van der Waals surface area contributed by atoms with E-state index in [4.69, 9.17) is 4.74 Å². The molecule has 39 heavy (non-hydrogen) atoms. The van der Waals surface area contributed by atoms with Gasteiger partial charge in [0.1, 0.15) is 17.4 Å². The average Bonchev–Trinajstić information content (AvgIpc) is 3.49. The number of carbonyl (C=O) groups excluding carboxylic acids is 2. The topological polar surface area (TPSA) is 77.1 Å². The quantitative estimate of drug-likeness (QED) is 0.455. The number of carbonyl (C=O) groups is 2. The number of rotatable bonds is 6. The molecule has 0 aliphatic carbocycles. The molecule has 2 aliphatic heterocycles. The Kier molecular flexibility index (Phi) is 7.81. The number of likely N-dealkylation sites (tertiary alicyclic amines) is 1. The number of amides is 3. The summed E-state index contributed by atoms with van der Waals surface area (Å²) in [5.41, 5.74) is 2.60. The maximum Gasteiger partial charge on any atom is 0.323 e. The molecule has 8 nitrogen and oxygen atoms in total. The molecule has 0 saturated carbocycles. The predicted octanol–water partition coefficient (Wildman–Crippen LogP) is 5.18. The van der Waals surface area contributed by atoms with E-state index in [0.29, 0.717) is 43.5 Å². The van der Waals surface area contributed by atoms with E-state index in [1.165, 1.54) is 0 Å². The van der Waals surface area contributed by atoms with Crippen molar-refractivity contribution in [3.63, 3.8) is 0 Å². The number of nitrogens with one attached hydrogen (secondary N) is 2. The van der Waals surface area contributed by atoms with Crippen molar-refractivity contribution in [2.45, 2.75) is 12.8 Å². The van der Waals surface area contributed by atoms with Gasteiger partial charge < -0.3 is 30.1 Å². The van der Waals surface area contributed by atoms with Crippen LogP contribution in [0, 0.1) is 11.6 Å². The molecule has 3 aromatic rings. The summed E-state index contributed by atoms with van der Waals surface area (Å²) in [6, 6.07) is 15.4.